The zero-order chi connectivity index (χ0) is 18.5. The Morgan fingerprint density at radius 1 is 1.37 bits per heavy atom. The maximum Gasteiger partial charge on any atom is 0.292 e. The minimum absolute atomic E-state index is 0.230. The van der Waals surface area contributed by atoms with E-state index in [0.717, 1.165) is 16.9 Å². The molecular weight excluding hydrogens is 368 g/mol. The third-order valence-electron chi connectivity index (χ3n) is 4.86. The van der Waals surface area contributed by atoms with Crippen LogP contribution in [0.2, 0.25) is 5.15 Å². The summed E-state index contributed by atoms with van der Waals surface area (Å²) in [5.74, 6) is 0.00702. The summed E-state index contributed by atoms with van der Waals surface area (Å²) in [5.41, 5.74) is 3.89. The Balaban J connectivity index is 1.66. The number of hydrogen-bond donors (Lipinski definition) is 1. The molecule has 0 bridgehead atoms. The molecule has 1 aliphatic rings. The second-order valence-electron chi connectivity index (χ2n) is 6.44. The van der Waals surface area contributed by atoms with Gasteiger partial charge in [-0.25, -0.2) is 14.5 Å². The van der Waals surface area contributed by atoms with Crippen LogP contribution in [0.5, 0.6) is 0 Å². The molecule has 5 rings (SSSR count). The van der Waals surface area contributed by atoms with E-state index in [0.29, 0.717) is 29.5 Å². The number of nitrogens with one attached hydrogen (secondary N) is 1. The molecule has 9 heteroatoms. The molecule has 1 amide bonds. The molecule has 0 radical (unpaired) electrons. The fourth-order valence-electron chi connectivity index (χ4n) is 3.57. The van der Waals surface area contributed by atoms with Gasteiger partial charge in [-0.1, -0.05) is 17.7 Å². The van der Waals surface area contributed by atoms with E-state index < -0.39 is 6.04 Å². The van der Waals surface area contributed by atoms with Gasteiger partial charge in [-0.3, -0.25) is 4.79 Å². The molecule has 1 N–H and O–H groups in total. The van der Waals surface area contributed by atoms with Crippen LogP contribution >= 0.6 is 11.6 Å². The molecule has 0 unspecified atom stereocenters. The predicted molar refractivity (Wildman–Crippen MR) is 96.6 cm³/mol. The van der Waals surface area contributed by atoms with Crippen molar-refractivity contribution in [2.75, 3.05) is 6.54 Å². The minimum atomic E-state index is -0.437. The van der Waals surface area contributed by atoms with Gasteiger partial charge in [-0.05, 0) is 25.1 Å². The number of imidazole rings is 1. The van der Waals surface area contributed by atoms with Gasteiger partial charge in [0.2, 0.25) is 5.76 Å². The Kier molecular flexibility index (Phi) is 3.54. The summed E-state index contributed by atoms with van der Waals surface area (Å²) >= 11 is 6.26. The number of nitrogens with zero attached hydrogens (tertiary/aromatic N) is 5. The summed E-state index contributed by atoms with van der Waals surface area (Å²) in [6.45, 7) is 2.26. The number of carbonyl (C=O) groups is 1. The van der Waals surface area contributed by atoms with Gasteiger partial charge in [0.1, 0.15) is 11.2 Å². The number of aromatic nitrogens is 5. The zero-order valence-corrected chi connectivity index (χ0v) is 15.1. The largest absolute Gasteiger partial charge is 0.438 e. The highest BCUT2D eigenvalue weighted by atomic mass is 35.5. The van der Waals surface area contributed by atoms with E-state index in [9.17, 15) is 4.79 Å². The molecule has 0 aromatic carbocycles. The highest BCUT2D eigenvalue weighted by Crippen LogP contribution is 2.34. The Labute approximate surface area is 158 Å². The van der Waals surface area contributed by atoms with Crippen molar-refractivity contribution in [2.45, 2.75) is 19.4 Å². The number of pyridine rings is 1. The molecular formula is C18H15ClN6O2. The summed E-state index contributed by atoms with van der Waals surface area (Å²) in [6.07, 6.45) is 3.61. The molecule has 0 fully saturated rings. The molecule has 0 saturated carbocycles. The van der Waals surface area contributed by atoms with Crippen molar-refractivity contribution in [1.29, 1.82) is 0 Å². The summed E-state index contributed by atoms with van der Waals surface area (Å²) in [7, 11) is 0. The Morgan fingerprint density at radius 2 is 2.26 bits per heavy atom. The number of fused-ring (bicyclic) bond motifs is 2. The summed E-state index contributed by atoms with van der Waals surface area (Å²) in [6, 6.07) is 7.04. The smallest absolute Gasteiger partial charge is 0.292 e. The molecule has 0 aliphatic carbocycles. The van der Waals surface area contributed by atoms with Crippen molar-refractivity contribution < 1.29 is 9.21 Å². The molecule has 1 aliphatic heterocycles. The number of H-pyrrole nitrogens is 1. The van der Waals surface area contributed by atoms with Gasteiger partial charge in [-0.15, -0.1) is 0 Å². The number of rotatable bonds is 2. The first kappa shape index (κ1) is 16.1. The topological polar surface area (TPSA) is 92.3 Å². The second-order valence-corrected chi connectivity index (χ2v) is 6.83. The van der Waals surface area contributed by atoms with E-state index in [1.54, 1.807) is 28.7 Å². The number of oxazole rings is 1. The number of amides is 1. The van der Waals surface area contributed by atoms with E-state index >= 15 is 0 Å². The van der Waals surface area contributed by atoms with Crippen LogP contribution in [0, 0.1) is 6.92 Å². The molecule has 4 aromatic rings. The first-order valence-corrected chi connectivity index (χ1v) is 8.88. The number of halogens is 1. The minimum Gasteiger partial charge on any atom is -0.438 e. The third-order valence-corrected chi connectivity index (χ3v) is 5.15. The van der Waals surface area contributed by atoms with Crippen molar-refractivity contribution >= 4 is 23.0 Å². The van der Waals surface area contributed by atoms with Gasteiger partial charge in [0.05, 0.1) is 28.9 Å². The van der Waals surface area contributed by atoms with E-state index in [1.165, 1.54) is 6.39 Å². The quantitative estimate of drug-likeness (QED) is 0.538. The third kappa shape index (κ3) is 2.44. The average molecular weight is 383 g/mol. The van der Waals surface area contributed by atoms with Crippen LogP contribution in [0.1, 0.15) is 39.4 Å². The van der Waals surface area contributed by atoms with Crippen LogP contribution in [-0.2, 0) is 6.42 Å². The van der Waals surface area contributed by atoms with Gasteiger partial charge in [0.15, 0.2) is 6.39 Å². The van der Waals surface area contributed by atoms with E-state index in [4.69, 9.17) is 16.0 Å². The lowest BCUT2D eigenvalue weighted by molar-refractivity contribution is 0.0653. The van der Waals surface area contributed by atoms with Gasteiger partial charge in [-0.2, -0.15) is 5.10 Å². The van der Waals surface area contributed by atoms with Crippen molar-refractivity contribution in [3.63, 3.8) is 0 Å². The number of hydrogen-bond acceptors (Lipinski definition) is 5. The van der Waals surface area contributed by atoms with Crippen LogP contribution in [0.15, 0.2) is 41.4 Å². The lowest BCUT2D eigenvalue weighted by atomic mass is 9.99. The number of carbonyl (C=O) groups excluding carboxylic acids is 1. The molecule has 5 heterocycles. The molecule has 0 spiro atoms. The van der Waals surface area contributed by atoms with E-state index in [-0.39, 0.29) is 11.7 Å². The first-order valence-electron chi connectivity index (χ1n) is 8.51. The van der Waals surface area contributed by atoms with E-state index in [1.807, 2.05) is 18.2 Å². The Morgan fingerprint density at radius 3 is 3.04 bits per heavy atom. The summed E-state index contributed by atoms with van der Waals surface area (Å²) < 4.78 is 6.99. The molecule has 0 saturated heterocycles. The maximum absolute atomic E-state index is 13.2. The Hall–Kier alpha value is -3.13. The van der Waals surface area contributed by atoms with Crippen molar-refractivity contribution in [2.24, 2.45) is 0 Å². The molecule has 136 valence electrons. The monoisotopic (exact) mass is 382 g/mol. The predicted octanol–water partition coefficient (Wildman–Crippen LogP) is 2.80. The molecule has 8 nitrogen and oxygen atoms in total. The SMILES string of the molecule is Cc1ncoc1C(=O)N1CCc2[nH]cnc2[C@@H]1c1cc2cccc(Cl)n2n1. The van der Waals surface area contributed by atoms with Gasteiger partial charge < -0.3 is 14.3 Å². The molecule has 27 heavy (non-hydrogen) atoms. The van der Waals surface area contributed by atoms with Gasteiger partial charge >= 0.3 is 0 Å². The van der Waals surface area contributed by atoms with Gasteiger partial charge in [0.25, 0.3) is 5.91 Å². The first-order chi connectivity index (χ1) is 13.1. The second kappa shape index (κ2) is 5.95. The highest BCUT2D eigenvalue weighted by molar-refractivity contribution is 6.29. The standard InChI is InChI=1S/C18H15ClN6O2/c1-10-17(27-9-22-10)18(26)24-6-5-12-15(21-8-20-12)16(24)13-7-11-3-2-4-14(19)25(11)23-13/h2-4,7-9,16H,5-6H2,1H3,(H,20,21)/t16-/m0/s1. The normalized spacial score (nSPS) is 16.7. The Bertz CT molecular complexity index is 1160. The van der Waals surface area contributed by atoms with Crippen LogP contribution in [0.4, 0.5) is 0 Å². The summed E-state index contributed by atoms with van der Waals surface area (Å²) in [5, 5.41) is 5.14. The fraction of sp³-hybridized carbons (Fsp3) is 0.222. The zero-order valence-electron chi connectivity index (χ0n) is 14.4. The number of aromatic amines is 1. The van der Waals surface area contributed by atoms with Crippen LogP contribution < -0.4 is 0 Å². The van der Waals surface area contributed by atoms with Crippen molar-refractivity contribution in [3.05, 3.63) is 70.7 Å². The lowest BCUT2D eigenvalue weighted by Crippen LogP contribution is -2.41. The van der Waals surface area contributed by atoms with Crippen LogP contribution in [0.25, 0.3) is 5.52 Å². The van der Waals surface area contributed by atoms with Crippen molar-refractivity contribution in [1.82, 2.24) is 29.5 Å². The fourth-order valence-corrected chi connectivity index (χ4v) is 3.78. The highest BCUT2D eigenvalue weighted by Gasteiger charge is 2.37. The molecule has 4 aromatic heterocycles. The average Bonchev–Trinajstić information content (AvgIpc) is 3.39. The lowest BCUT2D eigenvalue weighted by Gasteiger charge is -2.33. The number of aryl methyl sites for hydroxylation is 1. The van der Waals surface area contributed by atoms with Crippen LogP contribution in [-0.4, -0.2) is 41.9 Å². The molecule has 1 atom stereocenters. The summed E-state index contributed by atoms with van der Waals surface area (Å²) in [4.78, 5) is 26.6. The van der Waals surface area contributed by atoms with Gasteiger partial charge in [0, 0.05) is 18.7 Å². The maximum atomic E-state index is 13.2. The van der Waals surface area contributed by atoms with Crippen LogP contribution in [0.3, 0.4) is 0 Å². The van der Waals surface area contributed by atoms with Crippen molar-refractivity contribution in [3.8, 4) is 0 Å². The van der Waals surface area contributed by atoms with E-state index in [2.05, 4.69) is 20.1 Å².